The van der Waals surface area contributed by atoms with Crippen molar-refractivity contribution in [2.45, 2.75) is 39.8 Å². The van der Waals surface area contributed by atoms with Crippen molar-refractivity contribution in [3.8, 4) is 5.75 Å². The number of nitrogens with zero attached hydrogens (tertiary/aromatic N) is 2. The highest BCUT2D eigenvalue weighted by Gasteiger charge is 2.18. The Kier molecular flexibility index (Phi) is 8.57. The molecule has 0 radical (unpaired) electrons. The van der Waals surface area contributed by atoms with Gasteiger partial charge >= 0.3 is 0 Å². The zero-order valence-electron chi connectivity index (χ0n) is 17.7. The third kappa shape index (κ3) is 7.38. The number of carbonyl (C=O) groups excluding carboxylic acids is 1. The second-order valence-corrected chi connectivity index (χ2v) is 7.80. The van der Waals surface area contributed by atoms with Gasteiger partial charge in [0.25, 0.3) is 0 Å². The molecule has 1 unspecified atom stereocenters. The average molecular weight is 391 g/mol. The minimum absolute atomic E-state index is 0.000335. The van der Waals surface area contributed by atoms with Gasteiger partial charge in [0.15, 0.2) is 5.96 Å². The summed E-state index contributed by atoms with van der Waals surface area (Å²) in [5.41, 5.74) is 2.16. The summed E-state index contributed by atoms with van der Waals surface area (Å²) in [6.07, 6.45) is 1.00. The first-order chi connectivity index (χ1) is 13.3. The summed E-state index contributed by atoms with van der Waals surface area (Å²) >= 11 is 0. The van der Waals surface area contributed by atoms with Crippen molar-refractivity contribution in [2.24, 2.45) is 10.9 Å². The fraction of sp³-hybridized carbons (Fsp3) is 0.619. The number of benzene rings is 1. The van der Waals surface area contributed by atoms with E-state index in [4.69, 9.17) is 9.47 Å². The van der Waals surface area contributed by atoms with E-state index in [2.05, 4.69) is 48.5 Å². The molecule has 0 bridgehead atoms. The molecule has 1 aromatic carbocycles. The van der Waals surface area contributed by atoms with Gasteiger partial charge in [0.2, 0.25) is 5.91 Å². The Morgan fingerprint density at radius 3 is 2.79 bits per heavy atom. The summed E-state index contributed by atoms with van der Waals surface area (Å²) in [6, 6.07) is 6.16. The van der Waals surface area contributed by atoms with Gasteiger partial charge in [0.05, 0.1) is 26.3 Å². The molecular weight excluding hydrogens is 356 g/mol. The lowest BCUT2D eigenvalue weighted by Gasteiger charge is -2.17. The Labute approximate surface area is 168 Å². The van der Waals surface area contributed by atoms with Gasteiger partial charge in [0, 0.05) is 32.6 Å². The fourth-order valence-corrected chi connectivity index (χ4v) is 2.64. The number of carbonyl (C=O) groups is 1. The van der Waals surface area contributed by atoms with Gasteiger partial charge in [0.1, 0.15) is 11.9 Å². The summed E-state index contributed by atoms with van der Waals surface area (Å²) in [4.78, 5) is 18.1. The van der Waals surface area contributed by atoms with Gasteiger partial charge in [-0.2, -0.15) is 0 Å². The topological polar surface area (TPSA) is 75.2 Å². The van der Waals surface area contributed by atoms with Crippen LogP contribution in [0.25, 0.3) is 0 Å². The maximum Gasteiger partial charge on any atom is 0.241 e. The lowest BCUT2D eigenvalue weighted by Crippen LogP contribution is -2.44. The van der Waals surface area contributed by atoms with E-state index in [1.807, 2.05) is 6.07 Å². The number of nitrogens with one attached hydrogen (secondary N) is 2. The number of likely N-dealkylation sites (N-methyl/N-ethyl adjacent to an activating group) is 1. The van der Waals surface area contributed by atoms with Crippen LogP contribution in [0.3, 0.4) is 0 Å². The molecule has 1 aliphatic rings. The number of rotatable bonds is 8. The molecule has 0 aliphatic carbocycles. The Balaban J connectivity index is 2.08. The summed E-state index contributed by atoms with van der Waals surface area (Å²) in [5.74, 6) is 1.95. The molecule has 0 saturated carbocycles. The van der Waals surface area contributed by atoms with Gasteiger partial charge in [-0.1, -0.05) is 26.0 Å². The van der Waals surface area contributed by atoms with Crippen molar-refractivity contribution in [3.63, 3.8) is 0 Å². The SMILES string of the molecule is Cc1ccc(CN=C(NCC(=O)N(C)C)NCC(C)C)c(OC2CCOC2)c1. The van der Waals surface area contributed by atoms with Crippen LogP contribution in [-0.4, -0.2) is 63.3 Å². The predicted molar refractivity (Wildman–Crippen MR) is 112 cm³/mol. The second kappa shape index (κ2) is 10.9. The molecule has 2 N–H and O–H groups in total. The quantitative estimate of drug-likeness (QED) is 0.524. The van der Waals surface area contributed by atoms with E-state index in [1.165, 1.54) is 0 Å². The Morgan fingerprint density at radius 2 is 2.14 bits per heavy atom. The fourth-order valence-electron chi connectivity index (χ4n) is 2.64. The molecule has 7 nitrogen and oxygen atoms in total. The van der Waals surface area contributed by atoms with Crippen LogP contribution in [0, 0.1) is 12.8 Å². The van der Waals surface area contributed by atoms with Gasteiger partial charge in [-0.15, -0.1) is 0 Å². The smallest absolute Gasteiger partial charge is 0.241 e. The van der Waals surface area contributed by atoms with Gasteiger partial charge in [-0.25, -0.2) is 4.99 Å². The van der Waals surface area contributed by atoms with Crippen LogP contribution in [0.1, 0.15) is 31.4 Å². The molecule has 1 fully saturated rings. The van der Waals surface area contributed by atoms with E-state index in [0.717, 1.165) is 36.4 Å². The molecule has 1 aromatic rings. The molecule has 7 heteroatoms. The van der Waals surface area contributed by atoms with E-state index in [-0.39, 0.29) is 18.6 Å². The minimum Gasteiger partial charge on any atom is -0.488 e. The molecule has 1 amide bonds. The Hall–Kier alpha value is -2.28. The van der Waals surface area contributed by atoms with Crippen molar-refractivity contribution in [1.29, 1.82) is 0 Å². The molecule has 156 valence electrons. The number of aryl methyl sites for hydroxylation is 1. The van der Waals surface area contributed by atoms with Gasteiger partial charge in [-0.3, -0.25) is 4.79 Å². The highest BCUT2D eigenvalue weighted by molar-refractivity contribution is 5.86. The molecular formula is C21H34N4O3. The van der Waals surface area contributed by atoms with E-state index in [1.54, 1.807) is 19.0 Å². The second-order valence-electron chi connectivity index (χ2n) is 7.80. The van der Waals surface area contributed by atoms with Crippen LogP contribution < -0.4 is 15.4 Å². The summed E-state index contributed by atoms with van der Waals surface area (Å²) in [7, 11) is 3.48. The van der Waals surface area contributed by atoms with Crippen LogP contribution in [0.5, 0.6) is 5.75 Å². The standard InChI is InChI=1S/C21H34N4O3/c1-15(2)11-22-21(24-13-20(26)25(4)5)23-12-17-7-6-16(3)10-19(17)28-18-8-9-27-14-18/h6-7,10,15,18H,8-9,11-14H2,1-5H3,(H2,22,23,24). The third-order valence-corrected chi connectivity index (χ3v) is 4.40. The van der Waals surface area contributed by atoms with Crippen LogP contribution in [0.15, 0.2) is 23.2 Å². The average Bonchev–Trinajstić information content (AvgIpc) is 3.14. The maximum atomic E-state index is 11.9. The number of amides is 1. The molecule has 28 heavy (non-hydrogen) atoms. The Bertz CT molecular complexity index is 668. The van der Waals surface area contributed by atoms with Crippen LogP contribution in [0.4, 0.5) is 0 Å². The van der Waals surface area contributed by atoms with E-state index < -0.39 is 0 Å². The zero-order chi connectivity index (χ0) is 20.5. The van der Waals surface area contributed by atoms with Crippen molar-refractivity contribution in [2.75, 3.05) is 40.4 Å². The number of aliphatic imine (C=N–C) groups is 1. The number of hydrogen-bond donors (Lipinski definition) is 2. The summed E-state index contributed by atoms with van der Waals surface area (Å²) < 4.78 is 11.6. The minimum atomic E-state index is -0.000335. The third-order valence-electron chi connectivity index (χ3n) is 4.40. The predicted octanol–water partition coefficient (Wildman–Crippen LogP) is 1.94. The monoisotopic (exact) mass is 390 g/mol. The van der Waals surface area contributed by atoms with Crippen molar-refractivity contribution in [1.82, 2.24) is 15.5 Å². The zero-order valence-corrected chi connectivity index (χ0v) is 17.7. The number of ether oxygens (including phenoxy) is 2. The van der Waals surface area contributed by atoms with Crippen molar-refractivity contribution in [3.05, 3.63) is 29.3 Å². The van der Waals surface area contributed by atoms with Gasteiger partial charge in [-0.05, 0) is 24.5 Å². The molecule has 2 rings (SSSR count). The molecule has 0 spiro atoms. The van der Waals surface area contributed by atoms with Crippen LogP contribution >= 0.6 is 0 Å². The van der Waals surface area contributed by atoms with Crippen LogP contribution in [0.2, 0.25) is 0 Å². The first-order valence-corrected chi connectivity index (χ1v) is 9.91. The first kappa shape index (κ1) is 22.0. The van der Waals surface area contributed by atoms with Crippen molar-refractivity contribution < 1.29 is 14.3 Å². The van der Waals surface area contributed by atoms with Crippen molar-refractivity contribution >= 4 is 11.9 Å². The molecule has 1 saturated heterocycles. The number of hydrogen-bond acceptors (Lipinski definition) is 4. The lowest BCUT2D eigenvalue weighted by molar-refractivity contribution is -0.127. The lowest BCUT2D eigenvalue weighted by atomic mass is 10.1. The molecule has 1 aliphatic heterocycles. The maximum absolute atomic E-state index is 11.9. The van der Waals surface area contributed by atoms with E-state index in [9.17, 15) is 4.79 Å². The largest absolute Gasteiger partial charge is 0.488 e. The Morgan fingerprint density at radius 1 is 1.36 bits per heavy atom. The van der Waals surface area contributed by atoms with E-state index in [0.29, 0.717) is 25.0 Å². The highest BCUT2D eigenvalue weighted by atomic mass is 16.5. The van der Waals surface area contributed by atoms with Crippen LogP contribution in [-0.2, 0) is 16.1 Å². The number of guanidine groups is 1. The van der Waals surface area contributed by atoms with Gasteiger partial charge < -0.3 is 25.0 Å². The first-order valence-electron chi connectivity index (χ1n) is 9.91. The molecule has 0 aromatic heterocycles. The molecule has 1 heterocycles. The normalized spacial score (nSPS) is 16.9. The highest BCUT2D eigenvalue weighted by Crippen LogP contribution is 2.24. The summed E-state index contributed by atoms with van der Waals surface area (Å²) in [5, 5.41) is 6.41. The van der Waals surface area contributed by atoms with E-state index >= 15 is 0 Å². The molecule has 1 atom stereocenters. The summed E-state index contributed by atoms with van der Waals surface area (Å²) in [6.45, 7) is 9.13.